The second-order valence-electron chi connectivity index (χ2n) is 5.39. The van der Waals surface area contributed by atoms with E-state index in [-0.39, 0.29) is 26.2 Å². The summed E-state index contributed by atoms with van der Waals surface area (Å²) in [6.07, 6.45) is 0. The lowest BCUT2D eigenvalue weighted by Gasteiger charge is -2.25. The molecule has 0 radical (unpaired) electrons. The number of nitrogens with zero attached hydrogens (tertiary/aromatic N) is 2. The molecule has 0 aliphatic rings. The lowest BCUT2D eigenvalue weighted by atomic mass is 10.2. The molecule has 0 bridgehead atoms. The third kappa shape index (κ3) is 4.49. The van der Waals surface area contributed by atoms with Gasteiger partial charge >= 0.3 is 5.97 Å². The minimum absolute atomic E-state index is 0.0231. The fourth-order valence-corrected chi connectivity index (χ4v) is 4.36. The molecule has 0 saturated heterocycles. The maximum atomic E-state index is 13.2. The van der Waals surface area contributed by atoms with Crippen molar-refractivity contribution in [1.82, 2.24) is 0 Å². The van der Waals surface area contributed by atoms with Crippen LogP contribution in [0.15, 0.2) is 41.3 Å². The molecule has 0 fully saturated rings. The van der Waals surface area contributed by atoms with E-state index in [4.69, 9.17) is 23.2 Å². The number of hydrogen-bond donors (Lipinski definition) is 0. The van der Waals surface area contributed by atoms with Crippen LogP contribution in [0.1, 0.15) is 5.56 Å². The van der Waals surface area contributed by atoms with Gasteiger partial charge < -0.3 is 4.74 Å². The largest absolute Gasteiger partial charge is 0.468 e. The topological polar surface area (TPSA) is 107 Å². The maximum absolute atomic E-state index is 13.2. The Morgan fingerprint density at radius 3 is 2.48 bits per heavy atom. The molecule has 0 unspecified atom stereocenters. The molecule has 0 aromatic heterocycles. The Morgan fingerprint density at radius 1 is 1.22 bits per heavy atom. The molecule has 2 aromatic carbocycles. The summed E-state index contributed by atoms with van der Waals surface area (Å²) < 4.78 is 31.7. The molecule has 11 heteroatoms. The van der Waals surface area contributed by atoms with E-state index in [9.17, 15) is 23.3 Å². The molecule has 0 N–H and O–H groups in total. The van der Waals surface area contributed by atoms with Crippen molar-refractivity contribution >= 4 is 50.6 Å². The Labute approximate surface area is 165 Å². The highest BCUT2D eigenvalue weighted by Crippen LogP contribution is 2.34. The van der Waals surface area contributed by atoms with Gasteiger partial charge in [0.2, 0.25) is 0 Å². The minimum Gasteiger partial charge on any atom is -0.468 e. The monoisotopic (exact) mass is 432 g/mol. The molecule has 0 aliphatic heterocycles. The number of nitro benzene ring substituents is 1. The van der Waals surface area contributed by atoms with Crippen LogP contribution in [0.4, 0.5) is 11.4 Å². The van der Waals surface area contributed by atoms with Crippen LogP contribution in [0.2, 0.25) is 10.0 Å². The van der Waals surface area contributed by atoms with Crippen molar-refractivity contribution in [2.45, 2.75) is 11.8 Å². The Bertz CT molecular complexity index is 1010. The standard InChI is InChI=1S/C16H14Cl2N2O6S/c1-10-3-5-12(20(22)23)8-15(10)27(24,25)19(9-16(21)26-2)14-7-11(17)4-6-13(14)18/h3-8H,9H2,1-2H3. The number of benzene rings is 2. The van der Waals surface area contributed by atoms with Gasteiger partial charge in [-0.25, -0.2) is 8.42 Å². The molecule has 0 heterocycles. The van der Waals surface area contributed by atoms with Crippen molar-refractivity contribution in [1.29, 1.82) is 0 Å². The number of non-ortho nitro benzene ring substituents is 1. The Morgan fingerprint density at radius 2 is 1.89 bits per heavy atom. The average molecular weight is 433 g/mol. The molecule has 0 aliphatic carbocycles. The van der Waals surface area contributed by atoms with Crippen LogP contribution in [0, 0.1) is 17.0 Å². The third-order valence-electron chi connectivity index (χ3n) is 3.63. The first-order valence-electron chi connectivity index (χ1n) is 7.37. The van der Waals surface area contributed by atoms with Crippen LogP contribution in [0.25, 0.3) is 0 Å². The van der Waals surface area contributed by atoms with E-state index in [1.807, 2.05) is 0 Å². The highest BCUT2D eigenvalue weighted by Gasteiger charge is 2.31. The number of nitro groups is 1. The molecule has 2 aromatic rings. The number of anilines is 1. The summed E-state index contributed by atoms with van der Waals surface area (Å²) in [4.78, 5) is 21.8. The van der Waals surface area contributed by atoms with Crippen molar-refractivity contribution in [2.75, 3.05) is 18.0 Å². The molecule has 2 rings (SSSR count). The zero-order chi connectivity index (χ0) is 20.4. The fourth-order valence-electron chi connectivity index (χ4n) is 2.26. The van der Waals surface area contributed by atoms with Gasteiger partial charge in [0.1, 0.15) is 6.54 Å². The van der Waals surface area contributed by atoms with E-state index in [1.165, 1.54) is 37.3 Å². The molecule has 0 spiro atoms. The van der Waals surface area contributed by atoms with Gasteiger partial charge in [0, 0.05) is 17.2 Å². The van der Waals surface area contributed by atoms with E-state index >= 15 is 0 Å². The molecule has 144 valence electrons. The predicted molar refractivity (Wildman–Crippen MR) is 101 cm³/mol. The van der Waals surface area contributed by atoms with Gasteiger partial charge in [0.05, 0.1) is 27.6 Å². The molecule has 0 amide bonds. The van der Waals surface area contributed by atoms with Crippen LogP contribution in [-0.4, -0.2) is 33.0 Å². The van der Waals surface area contributed by atoms with Gasteiger partial charge in [-0.05, 0) is 30.7 Å². The number of carbonyl (C=O) groups is 1. The lowest BCUT2D eigenvalue weighted by Crippen LogP contribution is -2.37. The van der Waals surface area contributed by atoms with Crippen molar-refractivity contribution in [3.05, 3.63) is 62.1 Å². The summed E-state index contributed by atoms with van der Waals surface area (Å²) in [5, 5.41) is 11.3. The van der Waals surface area contributed by atoms with Gasteiger partial charge in [0.15, 0.2) is 0 Å². The molecule has 0 saturated carbocycles. The van der Waals surface area contributed by atoms with Crippen LogP contribution < -0.4 is 4.31 Å². The Kier molecular flexibility index (Phi) is 6.30. The molecule has 27 heavy (non-hydrogen) atoms. The molecule has 8 nitrogen and oxygen atoms in total. The van der Waals surface area contributed by atoms with Gasteiger partial charge in [0.25, 0.3) is 15.7 Å². The summed E-state index contributed by atoms with van der Waals surface area (Å²) >= 11 is 12.0. The smallest absolute Gasteiger partial charge is 0.326 e. The number of carbonyl (C=O) groups excluding carboxylic acids is 1. The Balaban J connectivity index is 2.71. The third-order valence-corrected chi connectivity index (χ3v) is 6.08. The quantitative estimate of drug-likeness (QED) is 0.392. The van der Waals surface area contributed by atoms with Crippen LogP contribution in [0.3, 0.4) is 0 Å². The van der Waals surface area contributed by atoms with Gasteiger partial charge in [-0.3, -0.25) is 19.2 Å². The number of aryl methyl sites for hydroxylation is 1. The highest BCUT2D eigenvalue weighted by molar-refractivity contribution is 7.93. The fraction of sp³-hybridized carbons (Fsp3) is 0.188. The first-order valence-corrected chi connectivity index (χ1v) is 9.57. The normalized spacial score (nSPS) is 11.1. The first-order chi connectivity index (χ1) is 12.6. The van der Waals surface area contributed by atoms with E-state index in [0.29, 0.717) is 4.31 Å². The Hall–Kier alpha value is -2.36. The van der Waals surface area contributed by atoms with E-state index in [1.54, 1.807) is 0 Å². The van der Waals surface area contributed by atoms with Gasteiger partial charge in [-0.1, -0.05) is 29.3 Å². The summed E-state index contributed by atoms with van der Waals surface area (Å²) in [6.45, 7) is 0.785. The van der Waals surface area contributed by atoms with Crippen molar-refractivity contribution in [3.63, 3.8) is 0 Å². The minimum atomic E-state index is -4.40. The van der Waals surface area contributed by atoms with Crippen LogP contribution in [-0.2, 0) is 19.6 Å². The summed E-state index contributed by atoms with van der Waals surface area (Å²) in [6, 6.07) is 7.52. The summed E-state index contributed by atoms with van der Waals surface area (Å²) in [7, 11) is -3.30. The number of ether oxygens (including phenoxy) is 1. The molecular weight excluding hydrogens is 419 g/mol. The highest BCUT2D eigenvalue weighted by atomic mass is 35.5. The van der Waals surface area contributed by atoms with Gasteiger partial charge in [-0.15, -0.1) is 0 Å². The zero-order valence-electron chi connectivity index (χ0n) is 14.2. The van der Waals surface area contributed by atoms with E-state index < -0.39 is 33.1 Å². The number of halogens is 2. The maximum Gasteiger partial charge on any atom is 0.326 e. The number of hydrogen-bond acceptors (Lipinski definition) is 6. The van der Waals surface area contributed by atoms with Crippen LogP contribution >= 0.6 is 23.2 Å². The summed E-state index contributed by atoms with van der Waals surface area (Å²) in [5.74, 6) is -0.849. The van der Waals surface area contributed by atoms with E-state index in [0.717, 1.165) is 13.2 Å². The van der Waals surface area contributed by atoms with Crippen molar-refractivity contribution in [3.8, 4) is 0 Å². The lowest BCUT2D eigenvalue weighted by molar-refractivity contribution is -0.385. The number of rotatable bonds is 6. The second kappa shape index (κ2) is 8.12. The van der Waals surface area contributed by atoms with Crippen molar-refractivity contribution in [2.24, 2.45) is 0 Å². The van der Waals surface area contributed by atoms with Gasteiger partial charge in [-0.2, -0.15) is 0 Å². The second-order valence-corrected chi connectivity index (χ2v) is 8.06. The molecular formula is C16H14Cl2N2O6S. The zero-order valence-corrected chi connectivity index (χ0v) is 16.5. The van der Waals surface area contributed by atoms with E-state index in [2.05, 4.69) is 4.74 Å². The first kappa shape index (κ1) is 20.9. The SMILES string of the molecule is COC(=O)CN(c1cc(Cl)ccc1Cl)S(=O)(=O)c1cc([N+](=O)[O-])ccc1C. The number of sulfonamides is 1. The number of esters is 1. The van der Waals surface area contributed by atoms with Crippen LogP contribution in [0.5, 0.6) is 0 Å². The summed E-state index contributed by atoms with van der Waals surface area (Å²) in [5.41, 5.74) is -0.205. The molecule has 0 atom stereocenters. The predicted octanol–water partition coefficient (Wildman–Crippen LogP) is 3.58. The average Bonchev–Trinajstić information content (AvgIpc) is 2.61. The number of methoxy groups -OCH3 is 1. The van der Waals surface area contributed by atoms with Crippen molar-refractivity contribution < 1.29 is 22.9 Å².